The lowest BCUT2D eigenvalue weighted by Gasteiger charge is -2.17. The fourth-order valence-electron chi connectivity index (χ4n) is 2.34. The molecule has 2 N–H and O–H groups in total. The van der Waals surface area contributed by atoms with E-state index in [4.69, 9.17) is 4.74 Å². The number of rotatable bonds is 6. The van der Waals surface area contributed by atoms with Crippen molar-refractivity contribution in [1.82, 2.24) is 10.6 Å². The molecule has 8 nitrogen and oxygen atoms in total. The number of carbonyl (C=O) groups excluding carboxylic acids is 4. The summed E-state index contributed by atoms with van der Waals surface area (Å²) in [5.74, 6) is -3.47. The van der Waals surface area contributed by atoms with E-state index < -0.39 is 36.1 Å². The van der Waals surface area contributed by atoms with Crippen LogP contribution in [-0.2, 0) is 23.9 Å². The first kappa shape index (κ1) is 18.4. The Morgan fingerprint density at radius 1 is 1.28 bits per heavy atom. The molecule has 1 aliphatic heterocycles. The van der Waals surface area contributed by atoms with E-state index in [0.717, 1.165) is 0 Å². The molecule has 0 aromatic heterocycles. The van der Waals surface area contributed by atoms with E-state index in [1.807, 2.05) is 0 Å². The number of hydrogen-bond donors (Lipinski definition) is 2. The van der Waals surface area contributed by atoms with Gasteiger partial charge in [0.1, 0.15) is 5.82 Å². The number of para-hydroxylation sites is 1. The molecule has 9 heteroatoms. The van der Waals surface area contributed by atoms with Crippen LogP contribution in [0.15, 0.2) is 24.3 Å². The summed E-state index contributed by atoms with van der Waals surface area (Å²) in [5.41, 5.74) is 0.103. The van der Waals surface area contributed by atoms with Gasteiger partial charge in [-0.15, -0.1) is 0 Å². The third-order valence-corrected chi connectivity index (χ3v) is 3.67. The van der Waals surface area contributed by atoms with E-state index in [-0.39, 0.29) is 31.1 Å². The Balaban J connectivity index is 1.85. The second-order valence-corrected chi connectivity index (χ2v) is 5.41. The lowest BCUT2D eigenvalue weighted by molar-refractivity contribution is -0.152. The SMILES string of the molecule is CNC(=O)CNC(=O)COC(=O)[C@@H]1CC(=O)N(c2ccccc2F)C1. The molecule has 1 atom stereocenters. The maximum atomic E-state index is 13.8. The predicted octanol–water partition coefficient (Wildman–Crippen LogP) is -0.416. The van der Waals surface area contributed by atoms with Crippen LogP contribution in [0.5, 0.6) is 0 Å². The van der Waals surface area contributed by atoms with Gasteiger partial charge in [0.05, 0.1) is 18.2 Å². The summed E-state index contributed by atoms with van der Waals surface area (Å²) in [4.78, 5) is 47.7. The highest BCUT2D eigenvalue weighted by molar-refractivity contribution is 5.99. The molecule has 0 bridgehead atoms. The zero-order valence-electron chi connectivity index (χ0n) is 13.6. The van der Waals surface area contributed by atoms with Gasteiger partial charge in [-0.1, -0.05) is 12.1 Å². The minimum Gasteiger partial charge on any atom is -0.455 e. The van der Waals surface area contributed by atoms with Crippen LogP contribution in [0.25, 0.3) is 0 Å². The largest absolute Gasteiger partial charge is 0.455 e. The van der Waals surface area contributed by atoms with Gasteiger partial charge in [0.25, 0.3) is 5.91 Å². The van der Waals surface area contributed by atoms with Gasteiger partial charge in [-0.2, -0.15) is 0 Å². The normalized spacial score (nSPS) is 16.5. The monoisotopic (exact) mass is 351 g/mol. The number of benzene rings is 1. The molecule has 25 heavy (non-hydrogen) atoms. The number of likely N-dealkylation sites (N-methyl/N-ethyl adjacent to an activating group) is 1. The summed E-state index contributed by atoms with van der Waals surface area (Å²) in [6.45, 7) is -0.797. The minimum absolute atomic E-state index is 0.0154. The quantitative estimate of drug-likeness (QED) is 0.678. The lowest BCUT2D eigenvalue weighted by atomic mass is 10.1. The number of hydrogen-bond acceptors (Lipinski definition) is 5. The molecule has 0 radical (unpaired) electrons. The molecular formula is C16H18FN3O5. The second kappa shape index (κ2) is 8.22. The molecule has 2 rings (SSSR count). The highest BCUT2D eigenvalue weighted by atomic mass is 19.1. The van der Waals surface area contributed by atoms with Crippen molar-refractivity contribution in [2.45, 2.75) is 6.42 Å². The summed E-state index contributed by atoms with van der Waals surface area (Å²) in [6, 6.07) is 5.77. The summed E-state index contributed by atoms with van der Waals surface area (Å²) in [5, 5.41) is 4.60. The summed E-state index contributed by atoms with van der Waals surface area (Å²) in [6.07, 6.45) is -0.118. The Kier molecular flexibility index (Phi) is 6.04. The highest BCUT2D eigenvalue weighted by Crippen LogP contribution is 2.27. The fourth-order valence-corrected chi connectivity index (χ4v) is 2.34. The van der Waals surface area contributed by atoms with Crippen molar-refractivity contribution in [3.05, 3.63) is 30.1 Å². The first-order valence-electron chi connectivity index (χ1n) is 7.61. The fraction of sp³-hybridized carbons (Fsp3) is 0.375. The van der Waals surface area contributed by atoms with Crippen LogP contribution in [0, 0.1) is 11.7 Å². The van der Waals surface area contributed by atoms with Gasteiger partial charge in [-0.3, -0.25) is 19.2 Å². The van der Waals surface area contributed by atoms with Crippen LogP contribution < -0.4 is 15.5 Å². The Morgan fingerprint density at radius 3 is 2.68 bits per heavy atom. The number of halogens is 1. The second-order valence-electron chi connectivity index (χ2n) is 5.41. The van der Waals surface area contributed by atoms with Crippen molar-refractivity contribution < 1.29 is 28.3 Å². The number of esters is 1. The zero-order valence-corrected chi connectivity index (χ0v) is 13.6. The first-order valence-corrected chi connectivity index (χ1v) is 7.61. The van der Waals surface area contributed by atoms with Crippen molar-refractivity contribution in [2.75, 3.05) is 31.6 Å². The molecule has 1 saturated heterocycles. The van der Waals surface area contributed by atoms with E-state index in [0.29, 0.717) is 0 Å². The number of ether oxygens (including phenoxy) is 1. The summed E-state index contributed by atoms with van der Waals surface area (Å²) < 4.78 is 18.6. The zero-order chi connectivity index (χ0) is 18.4. The summed E-state index contributed by atoms with van der Waals surface area (Å²) >= 11 is 0. The van der Waals surface area contributed by atoms with Gasteiger partial charge < -0.3 is 20.3 Å². The van der Waals surface area contributed by atoms with Crippen molar-refractivity contribution in [3.8, 4) is 0 Å². The van der Waals surface area contributed by atoms with Crippen LogP contribution in [0.3, 0.4) is 0 Å². The third-order valence-electron chi connectivity index (χ3n) is 3.67. The van der Waals surface area contributed by atoms with Crippen LogP contribution in [0.4, 0.5) is 10.1 Å². The molecule has 0 spiro atoms. The van der Waals surface area contributed by atoms with Gasteiger partial charge in [0, 0.05) is 20.0 Å². The molecule has 1 aromatic carbocycles. The molecular weight excluding hydrogens is 333 g/mol. The van der Waals surface area contributed by atoms with E-state index in [2.05, 4.69) is 10.6 Å². The molecule has 1 aliphatic rings. The minimum atomic E-state index is -0.779. The highest BCUT2D eigenvalue weighted by Gasteiger charge is 2.37. The molecule has 134 valence electrons. The average Bonchev–Trinajstić information content (AvgIpc) is 2.99. The number of amides is 3. The molecule has 1 fully saturated rings. The topological polar surface area (TPSA) is 105 Å². The molecule has 0 saturated carbocycles. The van der Waals surface area contributed by atoms with E-state index in [1.165, 1.54) is 30.1 Å². The van der Waals surface area contributed by atoms with Crippen LogP contribution in [-0.4, -0.2) is 50.4 Å². The Morgan fingerprint density at radius 2 is 2.00 bits per heavy atom. The standard InChI is InChI=1S/C16H18FN3O5/c1-18-13(21)7-19-14(22)9-25-16(24)10-6-15(23)20(8-10)12-5-3-2-4-11(12)17/h2-5,10H,6-9H2,1H3,(H,18,21)(H,19,22)/t10-/m1/s1. The van der Waals surface area contributed by atoms with E-state index in [9.17, 15) is 23.6 Å². The van der Waals surface area contributed by atoms with Gasteiger partial charge in [0.15, 0.2) is 6.61 Å². The van der Waals surface area contributed by atoms with Crippen LogP contribution >= 0.6 is 0 Å². The maximum Gasteiger partial charge on any atom is 0.311 e. The number of carbonyl (C=O) groups is 4. The Hall–Kier alpha value is -2.97. The van der Waals surface area contributed by atoms with Gasteiger partial charge in [-0.25, -0.2) is 4.39 Å². The molecule has 3 amide bonds. The number of nitrogens with one attached hydrogen (secondary N) is 2. The van der Waals surface area contributed by atoms with Crippen LogP contribution in [0.2, 0.25) is 0 Å². The smallest absolute Gasteiger partial charge is 0.311 e. The van der Waals surface area contributed by atoms with E-state index in [1.54, 1.807) is 6.07 Å². The van der Waals surface area contributed by atoms with Gasteiger partial charge in [0.2, 0.25) is 11.8 Å². The molecule has 0 unspecified atom stereocenters. The molecule has 1 aromatic rings. The van der Waals surface area contributed by atoms with Crippen molar-refractivity contribution >= 4 is 29.4 Å². The predicted molar refractivity (Wildman–Crippen MR) is 84.9 cm³/mol. The van der Waals surface area contributed by atoms with Gasteiger partial charge >= 0.3 is 5.97 Å². The summed E-state index contributed by atoms with van der Waals surface area (Å²) in [7, 11) is 1.42. The van der Waals surface area contributed by atoms with Crippen molar-refractivity contribution in [3.63, 3.8) is 0 Å². The van der Waals surface area contributed by atoms with Crippen molar-refractivity contribution in [2.24, 2.45) is 5.92 Å². The third kappa shape index (κ3) is 4.75. The number of anilines is 1. The molecule has 0 aliphatic carbocycles. The van der Waals surface area contributed by atoms with Crippen LogP contribution in [0.1, 0.15) is 6.42 Å². The van der Waals surface area contributed by atoms with Crippen molar-refractivity contribution in [1.29, 1.82) is 0 Å². The Labute approximate surface area is 143 Å². The number of nitrogens with zero attached hydrogens (tertiary/aromatic N) is 1. The average molecular weight is 351 g/mol. The maximum absolute atomic E-state index is 13.8. The van der Waals surface area contributed by atoms with E-state index >= 15 is 0 Å². The first-order chi connectivity index (χ1) is 11.9. The van der Waals surface area contributed by atoms with Gasteiger partial charge in [-0.05, 0) is 12.1 Å². The Bertz CT molecular complexity index is 694. The lowest BCUT2D eigenvalue weighted by Crippen LogP contribution is -2.37. The molecule has 1 heterocycles.